The topological polar surface area (TPSA) is 140 Å². The highest BCUT2D eigenvalue weighted by Gasteiger charge is 2.26. The number of pyridine rings is 2. The minimum Gasteiger partial charge on any atom is -0.484 e. The average Bonchev–Trinajstić information content (AvgIpc) is 2.66. The number of aryl methyl sites for hydroxylation is 1. The fourth-order valence-corrected chi connectivity index (χ4v) is 3.26. The first-order valence-corrected chi connectivity index (χ1v) is 8.14. The van der Waals surface area contributed by atoms with Crippen molar-refractivity contribution >= 4 is 28.5 Å². The van der Waals surface area contributed by atoms with Gasteiger partial charge < -0.3 is 31.3 Å². The molecule has 8 nitrogen and oxygen atoms in total. The molecule has 9 heteroatoms. The molecule has 0 saturated carbocycles. The third kappa shape index (κ3) is 2.39. The number of anilines is 2. The van der Waals surface area contributed by atoms with Gasteiger partial charge in [0.1, 0.15) is 24.7 Å². The summed E-state index contributed by atoms with van der Waals surface area (Å²) >= 11 is 0. The first kappa shape index (κ1) is 16.8. The number of ether oxygens (including phenoxy) is 2. The maximum atomic E-state index is 13.9. The highest BCUT2D eigenvalue weighted by atomic mass is 19.1. The van der Waals surface area contributed by atoms with Crippen LogP contribution in [0.5, 0.6) is 11.6 Å². The Morgan fingerprint density at radius 2 is 2.00 bits per heavy atom. The minimum atomic E-state index is -0.663. The van der Waals surface area contributed by atoms with E-state index in [0.29, 0.717) is 46.7 Å². The zero-order valence-electron chi connectivity index (χ0n) is 14.4. The molecule has 4 rings (SSSR count). The summed E-state index contributed by atoms with van der Waals surface area (Å²) < 4.78 is 25.2. The van der Waals surface area contributed by atoms with Gasteiger partial charge in [0.2, 0.25) is 0 Å². The van der Waals surface area contributed by atoms with Gasteiger partial charge in [-0.05, 0) is 18.6 Å². The van der Waals surface area contributed by atoms with Crippen molar-refractivity contribution in [2.45, 2.75) is 6.92 Å². The number of nitrogens with one attached hydrogen (secondary N) is 2. The molecular weight excluding hydrogens is 353 g/mol. The average molecular weight is 369 g/mol. The molecule has 2 aromatic heterocycles. The van der Waals surface area contributed by atoms with Crippen LogP contribution in [0, 0.1) is 18.2 Å². The number of aromatic amines is 1. The van der Waals surface area contributed by atoms with Gasteiger partial charge in [0.25, 0.3) is 11.4 Å². The lowest BCUT2D eigenvalue weighted by Crippen LogP contribution is -2.20. The van der Waals surface area contributed by atoms with Crippen molar-refractivity contribution in [2.75, 3.05) is 24.7 Å². The number of H-pyrrole nitrogens is 1. The molecule has 27 heavy (non-hydrogen) atoms. The van der Waals surface area contributed by atoms with E-state index >= 15 is 0 Å². The van der Waals surface area contributed by atoms with Crippen LogP contribution in [0.15, 0.2) is 16.9 Å². The standard InChI is InChI=1S/C18H16FN5O3/c1-7-15-12(16-18(23-7)27-5-4-26-16)11(14(22)17(25)24-15)8-2-3-10(19)13(21)9(8)6-20/h2-3,6,20H,4-5,21-22H2,1H3,(H,24,25). The summed E-state index contributed by atoms with van der Waals surface area (Å²) in [5.74, 6) is -0.0477. The lowest BCUT2D eigenvalue weighted by atomic mass is 9.94. The molecule has 0 amide bonds. The molecule has 0 aliphatic carbocycles. The molecule has 0 unspecified atom stereocenters. The van der Waals surface area contributed by atoms with Gasteiger partial charge in [-0.15, -0.1) is 0 Å². The number of nitrogens with two attached hydrogens (primary N) is 2. The van der Waals surface area contributed by atoms with E-state index in [1.165, 1.54) is 12.1 Å². The van der Waals surface area contributed by atoms with Crippen LogP contribution >= 0.6 is 0 Å². The SMILES string of the molecule is Cc1nc2c(c3c(-c4ccc(F)c(N)c4C=N)c(N)c(=O)[nH]c13)OCCO2. The Kier molecular flexibility index (Phi) is 3.72. The number of aromatic nitrogens is 2. The summed E-state index contributed by atoms with van der Waals surface area (Å²) in [4.78, 5) is 19.5. The molecule has 3 aromatic rings. The number of nitrogen functional groups attached to an aromatic ring is 2. The number of halogens is 1. The minimum absolute atomic E-state index is 0.0985. The molecule has 1 aromatic carbocycles. The van der Waals surface area contributed by atoms with E-state index in [1.54, 1.807) is 6.92 Å². The summed E-state index contributed by atoms with van der Waals surface area (Å²) in [5, 5.41) is 8.14. The van der Waals surface area contributed by atoms with Gasteiger partial charge in [-0.2, -0.15) is 0 Å². The summed E-state index contributed by atoms with van der Waals surface area (Å²) in [7, 11) is 0. The highest BCUT2D eigenvalue weighted by molar-refractivity contribution is 6.09. The van der Waals surface area contributed by atoms with Crippen LogP contribution in [0.3, 0.4) is 0 Å². The Morgan fingerprint density at radius 3 is 2.74 bits per heavy atom. The lowest BCUT2D eigenvalue weighted by Gasteiger charge is -2.22. The second-order valence-electron chi connectivity index (χ2n) is 6.09. The maximum Gasteiger partial charge on any atom is 0.272 e. The predicted molar refractivity (Wildman–Crippen MR) is 100 cm³/mol. The van der Waals surface area contributed by atoms with Gasteiger partial charge in [0.05, 0.1) is 22.3 Å². The highest BCUT2D eigenvalue weighted by Crippen LogP contribution is 2.44. The van der Waals surface area contributed by atoms with Gasteiger partial charge in [0, 0.05) is 17.3 Å². The third-order valence-electron chi connectivity index (χ3n) is 4.52. The van der Waals surface area contributed by atoms with E-state index in [9.17, 15) is 9.18 Å². The largest absolute Gasteiger partial charge is 0.484 e. The molecule has 0 radical (unpaired) electrons. The zero-order chi connectivity index (χ0) is 19.3. The van der Waals surface area contributed by atoms with Crippen LogP contribution in [-0.2, 0) is 0 Å². The number of hydrogen-bond acceptors (Lipinski definition) is 7. The first-order valence-electron chi connectivity index (χ1n) is 8.14. The van der Waals surface area contributed by atoms with Crippen molar-refractivity contribution in [3.8, 4) is 22.8 Å². The van der Waals surface area contributed by atoms with Crippen molar-refractivity contribution in [3.63, 3.8) is 0 Å². The van der Waals surface area contributed by atoms with Gasteiger partial charge in [0.15, 0.2) is 5.75 Å². The zero-order valence-corrected chi connectivity index (χ0v) is 14.4. The smallest absolute Gasteiger partial charge is 0.272 e. The fraction of sp³-hybridized carbons (Fsp3) is 0.167. The third-order valence-corrected chi connectivity index (χ3v) is 4.52. The molecule has 1 aliphatic heterocycles. The van der Waals surface area contributed by atoms with E-state index in [-0.39, 0.29) is 22.8 Å². The number of benzene rings is 1. The Balaban J connectivity index is 2.24. The molecule has 3 heterocycles. The van der Waals surface area contributed by atoms with Gasteiger partial charge >= 0.3 is 0 Å². The fourth-order valence-electron chi connectivity index (χ4n) is 3.26. The molecule has 0 bridgehead atoms. The Hall–Kier alpha value is -3.62. The first-order chi connectivity index (χ1) is 12.9. The van der Waals surface area contributed by atoms with Gasteiger partial charge in [-0.3, -0.25) is 4.79 Å². The summed E-state index contributed by atoms with van der Waals surface area (Å²) in [6.45, 7) is 2.36. The Labute approximate surface area is 152 Å². The second kappa shape index (κ2) is 5.97. The molecule has 6 N–H and O–H groups in total. The van der Waals surface area contributed by atoms with E-state index in [0.717, 1.165) is 6.21 Å². The van der Waals surface area contributed by atoms with Gasteiger partial charge in [-0.25, -0.2) is 9.37 Å². The Morgan fingerprint density at radius 1 is 1.26 bits per heavy atom. The second-order valence-corrected chi connectivity index (χ2v) is 6.09. The lowest BCUT2D eigenvalue weighted by molar-refractivity contribution is 0.166. The van der Waals surface area contributed by atoms with Crippen LogP contribution in [0.2, 0.25) is 0 Å². The van der Waals surface area contributed by atoms with Crippen molar-refractivity contribution in [1.29, 1.82) is 5.41 Å². The van der Waals surface area contributed by atoms with Crippen LogP contribution in [0.1, 0.15) is 11.3 Å². The predicted octanol–water partition coefficient (Wildman–Crippen LogP) is 1.97. The quantitative estimate of drug-likeness (QED) is 0.402. The molecule has 0 spiro atoms. The van der Waals surface area contributed by atoms with Crippen LogP contribution in [0.25, 0.3) is 22.0 Å². The number of hydrogen-bond donors (Lipinski definition) is 4. The van der Waals surface area contributed by atoms with Crippen LogP contribution < -0.4 is 26.5 Å². The maximum absolute atomic E-state index is 13.9. The summed E-state index contributed by atoms with van der Waals surface area (Å²) in [5.41, 5.74) is 12.8. The summed E-state index contributed by atoms with van der Waals surface area (Å²) in [6.07, 6.45) is 0.929. The van der Waals surface area contributed by atoms with E-state index in [4.69, 9.17) is 26.4 Å². The summed E-state index contributed by atoms with van der Waals surface area (Å²) in [6, 6.07) is 2.60. The monoisotopic (exact) mass is 369 g/mol. The van der Waals surface area contributed by atoms with Gasteiger partial charge in [-0.1, -0.05) is 6.07 Å². The van der Waals surface area contributed by atoms with E-state index < -0.39 is 11.4 Å². The molecule has 0 atom stereocenters. The molecular formula is C18H16FN5O3. The molecule has 0 saturated heterocycles. The van der Waals surface area contributed by atoms with E-state index in [2.05, 4.69) is 9.97 Å². The van der Waals surface area contributed by atoms with Crippen molar-refractivity contribution in [1.82, 2.24) is 9.97 Å². The number of fused-ring (bicyclic) bond motifs is 3. The van der Waals surface area contributed by atoms with E-state index in [1.807, 2.05) is 0 Å². The van der Waals surface area contributed by atoms with Crippen molar-refractivity contribution in [3.05, 3.63) is 39.6 Å². The van der Waals surface area contributed by atoms with Crippen LogP contribution in [-0.4, -0.2) is 29.4 Å². The molecule has 138 valence electrons. The Bertz CT molecular complexity index is 1170. The molecule has 1 aliphatic rings. The van der Waals surface area contributed by atoms with Crippen molar-refractivity contribution in [2.24, 2.45) is 0 Å². The van der Waals surface area contributed by atoms with Crippen molar-refractivity contribution < 1.29 is 13.9 Å². The van der Waals surface area contributed by atoms with Crippen LogP contribution in [0.4, 0.5) is 15.8 Å². The number of rotatable bonds is 2. The number of nitrogens with zero attached hydrogens (tertiary/aromatic N) is 1. The normalized spacial score (nSPS) is 13.0. The molecule has 0 fully saturated rings.